The van der Waals surface area contributed by atoms with Gasteiger partial charge in [-0.1, -0.05) is 0 Å². The van der Waals surface area contributed by atoms with E-state index in [2.05, 4.69) is 4.99 Å². The van der Waals surface area contributed by atoms with Gasteiger partial charge in [0.1, 0.15) is 6.17 Å². The van der Waals surface area contributed by atoms with E-state index in [4.69, 9.17) is 5.21 Å². The number of hydrogen-bond donors (Lipinski definition) is 2. The Kier molecular flexibility index (Phi) is 3.55. The largest absolute Gasteiger partial charge is 0.315 e. The SMILES string of the molecule is CC=NC(C)NO. The van der Waals surface area contributed by atoms with E-state index in [1.54, 1.807) is 20.1 Å². The molecule has 0 radical (unpaired) electrons. The van der Waals surface area contributed by atoms with Gasteiger partial charge >= 0.3 is 0 Å². The number of nitrogens with one attached hydrogen (secondary N) is 1. The van der Waals surface area contributed by atoms with E-state index in [0.717, 1.165) is 0 Å². The fourth-order valence-corrected chi connectivity index (χ4v) is 0.257. The molecule has 0 aromatic carbocycles. The fraction of sp³-hybridized carbons (Fsp3) is 0.750. The average molecular weight is 102 g/mol. The first-order valence-corrected chi connectivity index (χ1v) is 2.18. The summed E-state index contributed by atoms with van der Waals surface area (Å²) in [4.78, 5) is 3.76. The molecule has 0 heterocycles. The van der Waals surface area contributed by atoms with Crippen molar-refractivity contribution in [3.63, 3.8) is 0 Å². The Morgan fingerprint density at radius 3 is 2.57 bits per heavy atom. The van der Waals surface area contributed by atoms with Crippen molar-refractivity contribution >= 4 is 6.21 Å². The topological polar surface area (TPSA) is 44.6 Å². The predicted molar refractivity (Wildman–Crippen MR) is 28.6 cm³/mol. The average Bonchev–Trinajstić information content (AvgIpc) is 1.68. The molecule has 0 fully saturated rings. The van der Waals surface area contributed by atoms with Crippen LogP contribution in [0.5, 0.6) is 0 Å². The van der Waals surface area contributed by atoms with Crippen LogP contribution in [0.25, 0.3) is 0 Å². The van der Waals surface area contributed by atoms with Crippen LogP contribution in [0.15, 0.2) is 4.99 Å². The quantitative estimate of drug-likeness (QED) is 0.391. The maximum absolute atomic E-state index is 8.10. The number of aliphatic imine (C=N–C) groups is 1. The summed E-state index contributed by atoms with van der Waals surface area (Å²) in [5.74, 6) is 0. The zero-order chi connectivity index (χ0) is 5.70. The van der Waals surface area contributed by atoms with Gasteiger partial charge in [0.15, 0.2) is 0 Å². The molecule has 1 atom stereocenters. The van der Waals surface area contributed by atoms with Crippen molar-refractivity contribution in [2.24, 2.45) is 4.99 Å². The van der Waals surface area contributed by atoms with Gasteiger partial charge < -0.3 is 5.21 Å². The number of hydrogen-bond acceptors (Lipinski definition) is 3. The molecule has 1 unspecified atom stereocenters. The van der Waals surface area contributed by atoms with E-state index >= 15 is 0 Å². The second kappa shape index (κ2) is 3.77. The van der Waals surface area contributed by atoms with Gasteiger partial charge in [0.05, 0.1) is 0 Å². The molecule has 0 saturated heterocycles. The lowest BCUT2D eigenvalue weighted by Crippen LogP contribution is -2.18. The lowest BCUT2D eigenvalue weighted by molar-refractivity contribution is 0.136. The standard InChI is InChI=1S/C4H10N2O/c1-3-5-4(2)6-7/h3-4,6-7H,1-2H3. The molecule has 2 N–H and O–H groups in total. The summed E-state index contributed by atoms with van der Waals surface area (Å²) >= 11 is 0. The lowest BCUT2D eigenvalue weighted by atomic mass is 10.6. The van der Waals surface area contributed by atoms with E-state index < -0.39 is 0 Å². The summed E-state index contributed by atoms with van der Waals surface area (Å²) in [7, 11) is 0. The van der Waals surface area contributed by atoms with Gasteiger partial charge in [-0.15, -0.1) is 0 Å². The van der Waals surface area contributed by atoms with Gasteiger partial charge in [0, 0.05) is 0 Å². The van der Waals surface area contributed by atoms with Gasteiger partial charge in [-0.25, -0.2) is 0 Å². The molecule has 0 rings (SSSR count). The summed E-state index contributed by atoms with van der Waals surface area (Å²) in [5.41, 5.74) is 1.97. The molecule has 0 bridgehead atoms. The van der Waals surface area contributed by atoms with E-state index in [1.165, 1.54) is 0 Å². The molecule has 0 aliphatic rings. The van der Waals surface area contributed by atoms with Crippen molar-refractivity contribution in [2.75, 3.05) is 0 Å². The van der Waals surface area contributed by atoms with E-state index in [0.29, 0.717) is 0 Å². The molecule has 3 nitrogen and oxygen atoms in total. The number of rotatable bonds is 2. The molecule has 0 aliphatic carbocycles. The highest BCUT2D eigenvalue weighted by Gasteiger charge is 1.86. The minimum absolute atomic E-state index is 0.176. The highest BCUT2D eigenvalue weighted by atomic mass is 16.5. The zero-order valence-corrected chi connectivity index (χ0v) is 4.55. The van der Waals surface area contributed by atoms with Crippen molar-refractivity contribution in [3.05, 3.63) is 0 Å². The van der Waals surface area contributed by atoms with E-state index in [1.807, 2.05) is 5.48 Å². The van der Waals surface area contributed by atoms with Crippen molar-refractivity contribution in [1.82, 2.24) is 5.48 Å². The van der Waals surface area contributed by atoms with Gasteiger partial charge in [0.25, 0.3) is 0 Å². The summed E-state index contributed by atoms with van der Waals surface area (Å²) in [6.07, 6.45) is 1.46. The fourth-order valence-electron chi connectivity index (χ4n) is 0.257. The normalized spacial score (nSPS) is 15.3. The molecular formula is C4H10N2O. The summed E-state index contributed by atoms with van der Waals surface area (Å²) in [6, 6.07) is 0. The third-order valence-electron chi connectivity index (χ3n) is 0.560. The van der Waals surface area contributed by atoms with Crippen molar-refractivity contribution in [2.45, 2.75) is 20.0 Å². The Hall–Kier alpha value is -0.410. The van der Waals surface area contributed by atoms with Crippen LogP contribution in [0.3, 0.4) is 0 Å². The van der Waals surface area contributed by atoms with Crippen molar-refractivity contribution in [3.8, 4) is 0 Å². The summed E-state index contributed by atoms with van der Waals surface area (Å²) in [5, 5.41) is 8.10. The highest BCUT2D eigenvalue weighted by Crippen LogP contribution is 1.75. The second-order valence-electron chi connectivity index (χ2n) is 1.21. The summed E-state index contributed by atoms with van der Waals surface area (Å²) < 4.78 is 0. The summed E-state index contributed by atoms with van der Waals surface area (Å²) in [6.45, 7) is 3.55. The van der Waals surface area contributed by atoms with Gasteiger partial charge in [0.2, 0.25) is 0 Å². The molecule has 7 heavy (non-hydrogen) atoms. The van der Waals surface area contributed by atoms with Gasteiger partial charge in [-0.05, 0) is 20.1 Å². The Morgan fingerprint density at radius 1 is 1.86 bits per heavy atom. The van der Waals surface area contributed by atoms with Crippen molar-refractivity contribution < 1.29 is 5.21 Å². The first kappa shape index (κ1) is 6.59. The molecule has 3 heteroatoms. The zero-order valence-electron chi connectivity index (χ0n) is 4.55. The Balaban J connectivity index is 3.16. The molecule has 0 saturated carbocycles. The van der Waals surface area contributed by atoms with Crippen LogP contribution in [-0.2, 0) is 0 Å². The molecule has 42 valence electrons. The van der Waals surface area contributed by atoms with Crippen LogP contribution in [-0.4, -0.2) is 17.6 Å². The van der Waals surface area contributed by atoms with E-state index in [9.17, 15) is 0 Å². The molecule has 0 amide bonds. The smallest absolute Gasteiger partial charge is 0.118 e. The Morgan fingerprint density at radius 2 is 2.43 bits per heavy atom. The lowest BCUT2D eigenvalue weighted by Gasteiger charge is -1.97. The Bertz CT molecular complexity index is 62.7. The Labute approximate surface area is 43.0 Å². The maximum Gasteiger partial charge on any atom is 0.118 e. The molecule has 0 aliphatic heterocycles. The molecular weight excluding hydrogens is 92.1 g/mol. The minimum atomic E-state index is -0.176. The molecule has 0 spiro atoms. The molecule has 0 aromatic rings. The van der Waals surface area contributed by atoms with Crippen LogP contribution < -0.4 is 5.48 Å². The second-order valence-corrected chi connectivity index (χ2v) is 1.21. The third kappa shape index (κ3) is 3.42. The van der Waals surface area contributed by atoms with Crippen LogP contribution >= 0.6 is 0 Å². The van der Waals surface area contributed by atoms with Crippen LogP contribution in [0.1, 0.15) is 13.8 Å². The first-order valence-electron chi connectivity index (χ1n) is 2.18. The third-order valence-corrected chi connectivity index (χ3v) is 0.560. The van der Waals surface area contributed by atoms with E-state index in [-0.39, 0.29) is 6.17 Å². The van der Waals surface area contributed by atoms with Crippen molar-refractivity contribution in [1.29, 1.82) is 0 Å². The highest BCUT2D eigenvalue weighted by molar-refractivity contribution is 5.53. The number of nitrogens with zero attached hydrogens (tertiary/aromatic N) is 1. The van der Waals surface area contributed by atoms with Gasteiger partial charge in [-0.2, -0.15) is 5.48 Å². The van der Waals surface area contributed by atoms with Crippen LogP contribution in [0, 0.1) is 0 Å². The van der Waals surface area contributed by atoms with Gasteiger partial charge in [-0.3, -0.25) is 4.99 Å². The first-order chi connectivity index (χ1) is 3.31. The van der Waals surface area contributed by atoms with Crippen LogP contribution in [0.2, 0.25) is 0 Å². The maximum atomic E-state index is 8.10. The minimum Gasteiger partial charge on any atom is -0.315 e. The van der Waals surface area contributed by atoms with Crippen LogP contribution in [0.4, 0.5) is 0 Å². The predicted octanol–water partition coefficient (Wildman–Crippen LogP) is 0.402. The molecule has 0 aromatic heterocycles. The number of hydroxylamine groups is 1. The monoisotopic (exact) mass is 102 g/mol.